The van der Waals surface area contributed by atoms with Gasteiger partial charge in [0, 0.05) is 22.6 Å². The molecule has 4 heteroatoms. The number of rotatable bonds is 3. The predicted octanol–water partition coefficient (Wildman–Crippen LogP) is 7.25. The topological polar surface area (TPSA) is 42.4 Å². The van der Waals surface area contributed by atoms with Crippen molar-refractivity contribution in [2.24, 2.45) is 0 Å². The van der Waals surface area contributed by atoms with Gasteiger partial charge in [-0.15, -0.1) is 0 Å². The van der Waals surface area contributed by atoms with Crippen molar-refractivity contribution < 1.29 is 4.42 Å². The third kappa shape index (κ3) is 2.80. The van der Waals surface area contributed by atoms with E-state index in [9.17, 15) is 0 Å². The minimum Gasteiger partial charge on any atom is -0.456 e. The molecule has 0 saturated heterocycles. The Morgan fingerprint density at radius 2 is 1.46 bits per heavy atom. The number of nitrogen functional groups attached to an aromatic ring is 1. The van der Waals surface area contributed by atoms with Gasteiger partial charge in [-0.05, 0) is 59.4 Å². The van der Waals surface area contributed by atoms with Crippen LogP contribution in [0.4, 0.5) is 17.1 Å². The first kappa shape index (κ1) is 20.0. The maximum atomic E-state index is 6.50. The number of nitrogens with zero attached hydrogens (tertiary/aromatic N) is 1. The molecule has 4 aromatic carbocycles. The minimum atomic E-state index is 0.0712. The maximum Gasteiger partial charge on any atom is 0.322 e. The lowest BCUT2D eigenvalue weighted by Crippen LogP contribution is -2.47. The van der Waals surface area contributed by atoms with E-state index in [1.807, 2.05) is 31.2 Å². The van der Waals surface area contributed by atoms with Crippen LogP contribution in [-0.2, 0) is 0 Å². The zero-order chi connectivity index (χ0) is 23.5. The molecule has 0 radical (unpaired) electrons. The third-order valence-corrected chi connectivity index (χ3v) is 7.15. The SMILES string of the molecule is C/C=C\C=C/C1=CB2c3c1cccc3-c1ccccc1N2c1cccc2oc3cccc(N)c3c12. The van der Waals surface area contributed by atoms with Gasteiger partial charge in [0.05, 0.1) is 10.8 Å². The maximum absolute atomic E-state index is 6.50. The minimum absolute atomic E-state index is 0.0712. The van der Waals surface area contributed by atoms with Crippen molar-refractivity contribution in [2.75, 3.05) is 10.5 Å². The van der Waals surface area contributed by atoms with E-state index in [1.54, 1.807) is 0 Å². The van der Waals surface area contributed by atoms with E-state index < -0.39 is 0 Å². The lowest BCUT2D eigenvalue weighted by atomic mass is 9.52. The van der Waals surface area contributed by atoms with E-state index in [2.05, 4.69) is 89.7 Å². The fraction of sp³-hybridized carbons (Fsp3) is 0.0323. The predicted molar refractivity (Wildman–Crippen MR) is 149 cm³/mol. The third-order valence-electron chi connectivity index (χ3n) is 7.15. The molecule has 0 atom stereocenters. The Morgan fingerprint density at radius 3 is 2.34 bits per heavy atom. The van der Waals surface area contributed by atoms with Crippen molar-refractivity contribution in [1.82, 2.24) is 0 Å². The fourth-order valence-electron chi connectivity index (χ4n) is 5.75. The summed E-state index contributed by atoms with van der Waals surface area (Å²) in [6.45, 7) is 2.11. The van der Waals surface area contributed by atoms with Crippen LogP contribution in [0.15, 0.2) is 114 Å². The van der Waals surface area contributed by atoms with Crippen molar-refractivity contribution in [3.63, 3.8) is 0 Å². The Kier molecular flexibility index (Phi) is 4.30. The molecule has 0 unspecified atom stereocenters. The standard InChI is InChI=1S/C31H23BN2O/c1-2-3-4-10-20-19-32-31-21(20)12-7-13-23(31)22-11-5-6-15-25(22)34(32)26-16-9-18-28-30(26)29-24(33)14-8-17-27(29)35-28/h2-19H,33H2,1H3/b3-2-,10-4-. The molecule has 5 aromatic rings. The summed E-state index contributed by atoms with van der Waals surface area (Å²) in [5.74, 6) is 2.38. The molecule has 0 amide bonds. The molecule has 2 N–H and O–H groups in total. The summed E-state index contributed by atoms with van der Waals surface area (Å²) in [6, 6.07) is 27.5. The first-order valence-electron chi connectivity index (χ1n) is 12.0. The van der Waals surface area contributed by atoms with Gasteiger partial charge in [-0.2, -0.15) is 0 Å². The monoisotopic (exact) mass is 450 g/mol. The molecule has 3 nitrogen and oxygen atoms in total. The molecule has 0 bridgehead atoms. The van der Waals surface area contributed by atoms with Gasteiger partial charge in [0.15, 0.2) is 0 Å². The second-order valence-corrected chi connectivity index (χ2v) is 9.08. The van der Waals surface area contributed by atoms with Gasteiger partial charge >= 0.3 is 6.85 Å². The van der Waals surface area contributed by atoms with Crippen LogP contribution >= 0.6 is 0 Å². The largest absolute Gasteiger partial charge is 0.456 e. The number of allylic oxidation sites excluding steroid dienone is 5. The Labute approximate surface area is 204 Å². The first-order chi connectivity index (χ1) is 17.3. The van der Waals surface area contributed by atoms with E-state index in [0.29, 0.717) is 0 Å². The smallest absolute Gasteiger partial charge is 0.322 e. The number of fused-ring (bicyclic) bond motifs is 5. The number of furan rings is 1. The normalized spacial score (nSPS) is 14.4. The molecule has 3 heterocycles. The van der Waals surface area contributed by atoms with Crippen LogP contribution in [0, 0.1) is 0 Å². The summed E-state index contributed by atoms with van der Waals surface area (Å²) in [5.41, 5.74) is 17.6. The van der Waals surface area contributed by atoms with Gasteiger partial charge < -0.3 is 15.0 Å². The Hall–Kier alpha value is -4.44. The highest BCUT2D eigenvalue weighted by atomic mass is 16.3. The molecule has 7 rings (SSSR count). The van der Waals surface area contributed by atoms with Crippen molar-refractivity contribution in [3.05, 3.63) is 115 Å². The molecular formula is C31H23BN2O. The second-order valence-electron chi connectivity index (χ2n) is 9.08. The second kappa shape index (κ2) is 7.54. The van der Waals surface area contributed by atoms with Crippen LogP contribution in [0.5, 0.6) is 0 Å². The molecule has 2 aliphatic heterocycles. The number of benzene rings is 4. The highest BCUT2D eigenvalue weighted by molar-refractivity contribution is 6.87. The molecule has 0 fully saturated rings. The highest BCUT2D eigenvalue weighted by Gasteiger charge is 2.40. The van der Waals surface area contributed by atoms with Gasteiger partial charge in [-0.3, -0.25) is 0 Å². The molecule has 2 aliphatic rings. The van der Waals surface area contributed by atoms with Crippen molar-refractivity contribution in [2.45, 2.75) is 6.92 Å². The van der Waals surface area contributed by atoms with E-state index in [-0.39, 0.29) is 6.85 Å². The summed E-state index contributed by atoms with van der Waals surface area (Å²) in [7, 11) is 0. The zero-order valence-electron chi connectivity index (χ0n) is 19.4. The molecule has 166 valence electrons. The summed E-state index contributed by atoms with van der Waals surface area (Å²) >= 11 is 0. The van der Waals surface area contributed by atoms with Crippen LogP contribution in [0.25, 0.3) is 38.6 Å². The van der Waals surface area contributed by atoms with Crippen LogP contribution in [0.2, 0.25) is 0 Å². The Balaban J connectivity index is 1.55. The van der Waals surface area contributed by atoms with Crippen molar-refractivity contribution in [3.8, 4) is 11.1 Å². The number of anilines is 3. The van der Waals surface area contributed by atoms with Gasteiger partial charge in [-0.25, -0.2) is 0 Å². The first-order valence-corrected chi connectivity index (χ1v) is 12.0. The lowest BCUT2D eigenvalue weighted by Gasteiger charge is -2.36. The lowest BCUT2D eigenvalue weighted by molar-refractivity contribution is 0.669. The zero-order valence-corrected chi connectivity index (χ0v) is 19.4. The van der Waals surface area contributed by atoms with E-state index in [4.69, 9.17) is 10.2 Å². The van der Waals surface area contributed by atoms with Gasteiger partial charge in [0.25, 0.3) is 0 Å². The van der Waals surface area contributed by atoms with Crippen LogP contribution in [-0.4, -0.2) is 6.85 Å². The molecular weight excluding hydrogens is 427 g/mol. The average Bonchev–Trinajstić information content (AvgIpc) is 3.45. The van der Waals surface area contributed by atoms with Crippen LogP contribution in [0.1, 0.15) is 12.5 Å². The van der Waals surface area contributed by atoms with E-state index in [1.165, 1.54) is 33.4 Å². The van der Waals surface area contributed by atoms with E-state index >= 15 is 0 Å². The van der Waals surface area contributed by atoms with Gasteiger partial charge in [0.1, 0.15) is 11.2 Å². The summed E-state index contributed by atoms with van der Waals surface area (Å²) < 4.78 is 6.25. The molecule has 0 aliphatic carbocycles. The molecule has 0 saturated carbocycles. The highest BCUT2D eigenvalue weighted by Crippen LogP contribution is 2.47. The Bertz CT molecular complexity index is 1740. The fourth-order valence-corrected chi connectivity index (χ4v) is 5.75. The van der Waals surface area contributed by atoms with Crippen LogP contribution in [0.3, 0.4) is 0 Å². The summed E-state index contributed by atoms with van der Waals surface area (Å²) in [6.07, 6.45) is 8.45. The van der Waals surface area contributed by atoms with Crippen LogP contribution < -0.4 is 16.0 Å². The summed E-state index contributed by atoms with van der Waals surface area (Å²) in [5, 5.41) is 2.03. The number of hydrogen-bond acceptors (Lipinski definition) is 3. The molecule has 35 heavy (non-hydrogen) atoms. The molecule has 1 aromatic heterocycles. The van der Waals surface area contributed by atoms with Crippen molar-refractivity contribution >= 4 is 56.9 Å². The van der Waals surface area contributed by atoms with Crippen molar-refractivity contribution in [1.29, 1.82) is 0 Å². The quantitative estimate of drug-likeness (QED) is 0.179. The summed E-state index contributed by atoms with van der Waals surface area (Å²) in [4.78, 5) is 2.46. The number of nitrogens with two attached hydrogens (primary N) is 1. The number of para-hydroxylation sites is 1. The van der Waals surface area contributed by atoms with E-state index in [0.717, 1.165) is 33.3 Å². The van der Waals surface area contributed by atoms with Gasteiger partial charge in [-0.1, -0.05) is 78.8 Å². The Morgan fingerprint density at radius 1 is 0.743 bits per heavy atom. The molecule has 0 spiro atoms. The number of hydrogen-bond donors (Lipinski definition) is 1. The average molecular weight is 450 g/mol. The van der Waals surface area contributed by atoms with Gasteiger partial charge in [0.2, 0.25) is 0 Å².